The van der Waals surface area contributed by atoms with Gasteiger partial charge in [-0.25, -0.2) is 0 Å². The molecule has 2 unspecified atom stereocenters. The summed E-state index contributed by atoms with van der Waals surface area (Å²) in [6, 6.07) is 7.59. The number of nitrogens with one attached hydrogen (secondary N) is 2. The highest BCUT2D eigenvalue weighted by Gasteiger charge is 2.37. The number of carbonyl (C=O) groups excluding carboxylic acids is 1. The molecule has 2 N–H and O–H groups in total. The number of carbonyl (C=O) groups is 1. The van der Waals surface area contributed by atoms with Gasteiger partial charge in [-0.15, -0.1) is 0 Å². The van der Waals surface area contributed by atoms with Crippen molar-refractivity contribution in [2.24, 2.45) is 5.41 Å². The predicted octanol–water partition coefficient (Wildman–Crippen LogP) is 2.65. The molecular weight excluding hydrogens is 264 g/mol. The number of ether oxygens (including phenoxy) is 1. The largest absolute Gasteiger partial charge is 0.496 e. The molecule has 1 saturated heterocycles. The van der Waals surface area contributed by atoms with Crippen LogP contribution in [0.4, 0.5) is 0 Å². The number of amides is 1. The molecule has 1 aromatic rings. The number of methoxy groups -OCH3 is 1. The predicted molar refractivity (Wildman–Crippen MR) is 84.4 cm³/mol. The molecule has 0 aliphatic carbocycles. The summed E-state index contributed by atoms with van der Waals surface area (Å²) in [5.74, 6) is 0.874. The number of hydrogen-bond donors (Lipinski definition) is 2. The van der Waals surface area contributed by atoms with Crippen LogP contribution in [0.1, 0.15) is 45.2 Å². The van der Waals surface area contributed by atoms with Crippen molar-refractivity contribution < 1.29 is 9.53 Å². The van der Waals surface area contributed by atoms with E-state index in [0.29, 0.717) is 0 Å². The summed E-state index contributed by atoms with van der Waals surface area (Å²) in [6.07, 6.45) is 2.19. The second-order valence-electron chi connectivity index (χ2n) is 6.45. The topological polar surface area (TPSA) is 50.4 Å². The molecule has 1 aliphatic rings. The van der Waals surface area contributed by atoms with Crippen LogP contribution in [0.5, 0.6) is 5.75 Å². The molecule has 0 spiro atoms. The smallest absolute Gasteiger partial charge is 0.238 e. The van der Waals surface area contributed by atoms with Crippen LogP contribution >= 0.6 is 0 Å². The zero-order valence-corrected chi connectivity index (χ0v) is 13.4. The van der Waals surface area contributed by atoms with Crippen molar-refractivity contribution in [1.82, 2.24) is 10.6 Å². The number of benzene rings is 1. The van der Waals surface area contributed by atoms with E-state index in [9.17, 15) is 4.79 Å². The second kappa shape index (κ2) is 6.48. The fraction of sp³-hybridized carbons (Fsp3) is 0.588. The molecule has 0 radical (unpaired) electrons. The lowest BCUT2D eigenvalue weighted by Gasteiger charge is -2.38. The van der Waals surface area contributed by atoms with E-state index in [4.69, 9.17) is 4.74 Å². The van der Waals surface area contributed by atoms with Gasteiger partial charge >= 0.3 is 0 Å². The van der Waals surface area contributed by atoms with Crippen LogP contribution in [0.2, 0.25) is 0 Å². The first-order chi connectivity index (χ1) is 9.95. The van der Waals surface area contributed by atoms with E-state index in [2.05, 4.69) is 24.5 Å². The average Bonchev–Trinajstić information content (AvgIpc) is 2.46. The highest BCUT2D eigenvalue weighted by molar-refractivity contribution is 5.83. The highest BCUT2D eigenvalue weighted by Crippen LogP contribution is 2.31. The molecule has 1 fully saturated rings. The van der Waals surface area contributed by atoms with Crippen molar-refractivity contribution in [3.05, 3.63) is 29.8 Å². The molecule has 0 bridgehead atoms. The minimum absolute atomic E-state index is 0.0111. The number of para-hydroxylation sites is 1. The van der Waals surface area contributed by atoms with Crippen molar-refractivity contribution in [3.8, 4) is 5.75 Å². The van der Waals surface area contributed by atoms with Crippen molar-refractivity contribution in [1.29, 1.82) is 0 Å². The van der Waals surface area contributed by atoms with E-state index in [1.54, 1.807) is 7.11 Å². The van der Waals surface area contributed by atoms with E-state index in [1.807, 2.05) is 31.2 Å². The third-order valence-electron chi connectivity index (χ3n) is 4.35. The summed E-state index contributed by atoms with van der Waals surface area (Å²) in [4.78, 5) is 12.6. The lowest BCUT2D eigenvalue weighted by atomic mass is 9.77. The second-order valence-corrected chi connectivity index (χ2v) is 6.45. The number of piperidine rings is 1. The van der Waals surface area contributed by atoms with Gasteiger partial charge in [0.25, 0.3) is 0 Å². The van der Waals surface area contributed by atoms with E-state index in [0.717, 1.165) is 30.7 Å². The highest BCUT2D eigenvalue weighted by atomic mass is 16.5. The van der Waals surface area contributed by atoms with Gasteiger partial charge < -0.3 is 15.4 Å². The summed E-state index contributed by atoms with van der Waals surface area (Å²) < 4.78 is 5.37. The molecule has 0 saturated carbocycles. The van der Waals surface area contributed by atoms with Crippen LogP contribution in [0.3, 0.4) is 0 Å². The van der Waals surface area contributed by atoms with Crippen molar-refractivity contribution in [2.45, 2.75) is 45.7 Å². The lowest BCUT2D eigenvalue weighted by Crippen LogP contribution is -2.55. The van der Waals surface area contributed by atoms with Gasteiger partial charge in [0, 0.05) is 5.56 Å². The molecule has 1 aliphatic heterocycles. The standard InChI is InChI=1S/C17H26N2O2/c1-12(13-8-5-6-9-14(13)21-4)19-16(20)15-17(2,3)10-7-11-18-15/h5-6,8-9,12,15,18H,7,10-11H2,1-4H3,(H,19,20). The Labute approximate surface area is 127 Å². The molecule has 2 rings (SSSR count). The fourth-order valence-electron chi connectivity index (χ4n) is 3.06. The van der Waals surface area contributed by atoms with Crippen LogP contribution in [-0.2, 0) is 4.79 Å². The molecule has 4 heteroatoms. The monoisotopic (exact) mass is 290 g/mol. The minimum Gasteiger partial charge on any atom is -0.496 e. The Bertz CT molecular complexity index is 499. The third-order valence-corrected chi connectivity index (χ3v) is 4.35. The van der Waals surface area contributed by atoms with Gasteiger partial charge in [-0.2, -0.15) is 0 Å². The molecule has 4 nitrogen and oxygen atoms in total. The Morgan fingerprint density at radius 2 is 2.14 bits per heavy atom. The van der Waals surface area contributed by atoms with E-state index < -0.39 is 0 Å². The van der Waals surface area contributed by atoms with Gasteiger partial charge in [0.05, 0.1) is 19.2 Å². The van der Waals surface area contributed by atoms with E-state index in [1.165, 1.54) is 0 Å². The van der Waals surface area contributed by atoms with Crippen molar-refractivity contribution >= 4 is 5.91 Å². The Morgan fingerprint density at radius 1 is 1.43 bits per heavy atom. The summed E-state index contributed by atoms with van der Waals surface area (Å²) in [5.41, 5.74) is 0.991. The Kier molecular flexibility index (Phi) is 4.88. The van der Waals surface area contributed by atoms with Gasteiger partial charge in [0.1, 0.15) is 5.75 Å². The lowest BCUT2D eigenvalue weighted by molar-refractivity contribution is -0.127. The summed E-state index contributed by atoms with van der Waals surface area (Å²) in [5, 5.41) is 6.47. The Hall–Kier alpha value is -1.55. The zero-order chi connectivity index (χ0) is 15.5. The molecular formula is C17H26N2O2. The van der Waals surface area contributed by atoms with Gasteiger partial charge in [-0.1, -0.05) is 32.0 Å². The van der Waals surface area contributed by atoms with Crippen LogP contribution in [0.25, 0.3) is 0 Å². The maximum absolute atomic E-state index is 12.6. The first-order valence-electron chi connectivity index (χ1n) is 7.62. The third kappa shape index (κ3) is 3.56. The summed E-state index contributed by atoms with van der Waals surface area (Å²) in [7, 11) is 1.65. The van der Waals surface area contributed by atoms with Crippen LogP contribution in [0, 0.1) is 5.41 Å². The zero-order valence-electron chi connectivity index (χ0n) is 13.4. The van der Waals surface area contributed by atoms with Gasteiger partial charge in [-0.3, -0.25) is 4.79 Å². The number of hydrogen-bond acceptors (Lipinski definition) is 3. The van der Waals surface area contributed by atoms with Crippen LogP contribution < -0.4 is 15.4 Å². The van der Waals surface area contributed by atoms with Gasteiger partial charge in [-0.05, 0) is 37.8 Å². The fourth-order valence-corrected chi connectivity index (χ4v) is 3.06. The van der Waals surface area contributed by atoms with E-state index >= 15 is 0 Å². The first kappa shape index (κ1) is 15.8. The van der Waals surface area contributed by atoms with Crippen LogP contribution in [-0.4, -0.2) is 25.6 Å². The summed E-state index contributed by atoms with van der Waals surface area (Å²) >= 11 is 0. The quantitative estimate of drug-likeness (QED) is 0.896. The Morgan fingerprint density at radius 3 is 2.81 bits per heavy atom. The SMILES string of the molecule is COc1ccccc1C(C)NC(=O)C1NCCCC1(C)C. The molecule has 1 heterocycles. The molecule has 2 atom stereocenters. The Balaban J connectivity index is 2.08. The molecule has 21 heavy (non-hydrogen) atoms. The molecule has 116 valence electrons. The van der Waals surface area contributed by atoms with Gasteiger partial charge in [0.2, 0.25) is 5.91 Å². The molecule has 1 amide bonds. The number of rotatable bonds is 4. The molecule has 1 aromatic carbocycles. The normalized spacial score (nSPS) is 22.4. The average molecular weight is 290 g/mol. The first-order valence-corrected chi connectivity index (χ1v) is 7.62. The van der Waals surface area contributed by atoms with Crippen LogP contribution in [0.15, 0.2) is 24.3 Å². The maximum Gasteiger partial charge on any atom is 0.238 e. The van der Waals surface area contributed by atoms with E-state index in [-0.39, 0.29) is 23.4 Å². The van der Waals surface area contributed by atoms with Crippen molar-refractivity contribution in [3.63, 3.8) is 0 Å². The van der Waals surface area contributed by atoms with Gasteiger partial charge in [0.15, 0.2) is 0 Å². The molecule has 0 aromatic heterocycles. The minimum atomic E-state index is -0.136. The summed E-state index contributed by atoms with van der Waals surface area (Å²) in [6.45, 7) is 7.20. The van der Waals surface area contributed by atoms with Crippen molar-refractivity contribution in [2.75, 3.05) is 13.7 Å². The maximum atomic E-state index is 12.6.